The fourth-order valence-electron chi connectivity index (χ4n) is 4.31. The quantitative estimate of drug-likeness (QED) is 0.690. The van der Waals surface area contributed by atoms with E-state index in [2.05, 4.69) is 25.9 Å². The predicted molar refractivity (Wildman–Crippen MR) is 108 cm³/mol. The lowest BCUT2D eigenvalue weighted by Gasteiger charge is -2.39. The second-order valence-electron chi connectivity index (χ2n) is 7.61. The van der Waals surface area contributed by atoms with Crippen LogP contribution in [0.2, 0.25) is 0 Å². The Labute approximate surface area is 162 Å². The molecule has 1 amide bonds. The highest BCUT2D eigenvalue weighted by Gasteiger charge is 2.29. The molecule has 0 N–H and O–H groups in total. The topological polar surface area (TPSA) is 59.6 Å². The fourth-order valence-corrected chi connectivity index (χ4v) is 5.23. The number of hydrogen-bond donors (Lipinski definition) is 0. The Morgan fingerprint density at radius 1 is 1.30 bits per heavy atom. The molecule has 2 unspecified atom stereocenters. The van der Waals surface area contributed by atoms with Crippen LogP contribution in [0.15, 0.2) is 22.3 Å². The molecule has 1 aliphatic rings. The summed E-state index contributed by atoms with van der Waals surface area (Å²) in [6, 6.07) is 4.38. The van der Waals surface area contributed by atoms with Crippen LogP contribution in [0.5, 0.6) is 0 Å². The molecule has 6 nitrogen and oxygen atoms in total. The molecule has 1 fully saturated rings. The van der Waals surface area contributed by atoms with Gasteiger partial charge in [0.15, 0.2) is 0 Å². The molecule has 4 rings (SSSR count). The third-order valence-corrected chi connectivity index (χ3v) is 6.51. The number of fused-ring (bicyclic) bond motifs is 3. The van der Waals surface area contributed by atoms with Crippen molar-refractivity contribution in [3.63, 3.8) is 0 Å². The van der Waals surface area contributed by atoms with Gasteiger partial charge in [-0.05, 0) is 57.0 Å². The molecule has 144 valence electrons. The average molecular weight is 387 g/mol. The van der Waals surface area contributed by atoms with E-state index in [0.717, 1.165) is 48.1 Å². The van der Waals surface area contributed by atoms with E-state index in [4.69, 9.17) is 0 Å². The summed E-state index contributed by atoms with van der Waals surface area (Å²) in [5, 5.41) is 7.69. The lowest BCUT2D eigenvalue weighted by Crippen LogP contribution is -2.49. The lowest BCUT2D eigenvalue weighted by atomic mass is 9.97. The minimum atomic E-state index is -0.191. The molecular weight excluding hydrogens is 360 g/mol. The van der Waals surface area contributed by atoms with Crippen molar-refractivity contribution >= 4 is 33.0 Å². The zero-order valence-electron chi connectivity index (χ0n) is 16.1. The molecule has 1 aliphatic heterocycles. The molecule has 0 aliphatic carbocycles. The normalized spacial score (nSPS) is 20.6. The number of aromatic nitrogens is 3. The Morgan fingerprint density at radius 3 is 2.74 bits per heavy atom. The van der Waals surface area contributed by atoms with Crippen molar-refractivity contribution in [3.8, 4) is 0 Å². The van der Waals surface area contributed by atoms with Crippen LogP contribution >= 0.6 is 11.3 Å². The second-order valence-corrected chi connectivity index (χ2v) is 8.50. The zero-order valence-corrected chi connectivity index (χ0v) is 17.0. The Bertz CT molecular complexity index is 1040. The van der Waals surface area contributed by atoms with Crippen LogP contribution in [0.1, 0.15) is 52.3 Å². The predicted octanol–water partition coefficient (Wildman–Crippen LogP) is 3.45. The van der Waals surface area contributed by atoms with Crippen LogP contribution in [0, 0.1) is 0 Å². The SMILES string of the molecule is CCCc1nn(CC(=O)N2C(C)CCCC2C)c(=O)c2cc3ccsc3n12. The van der Waals surface area contributed by atoms with E-state index >= 15 is 0 Å². The number of nitrogens with zero attached hydrogens (tertiary/aromatic N) is 4. The third kappa shape index (κ3) is 3.08. The van der Waals surface area contributed by atoms with E-state index in [1.54, 1.807) is 11.3 Å². The van der Waals surface area contributed by atoms with Crippen LogP contribution in [0.3, 0.4) is 0 Å². The molecular formula is C20H26N4O2S. The largest absolute Gasteiger partial charge is 0.336 e. The first kappa shape index (κ1) is 18.2. The van der Waals surface area contributed by atoms with E-state index in [1.807, 2.05) is 26.8 Å². The highest BCUT2D eigenvalue weighted by atomic mass is 32.1. The van der Waals surface area contributed by atoms with Crippen molar-refractivity contribution in [1.82, 2.24) is 19.1 Å². The summed E-state index contributed by atoms with van der Waals surface area (Å²) in [6.07, 6.45) is 4.89. The van der Waals surface area contributed by atoms with Gasteiger partial charge in [-0.3, -0.25) is 14.0 Å². The second kappa shape index (κ2) is 7.11. The van der Waals surface area contributed by atoms with Crippen LogP contribution in [0.4, 0.5) is 0 Å². The summed E-state index contributed by atoms with van der Waals surface area (Å²) >= 11 is 1.61. The zero-order chi connectivity index (χ0) is 19.1. The van der Waals surface area contributed by atoms with Gasteiger partial charge >= 0.3 is 0 Å². The molecule has 0 bridgehead atoms. The molecule has 7 heteroatoms. The van der Waals surface area contributed by atoms with Crippen molar-refractivity contribution in [2.75, 3.05) is 0 Å². The first-order valence-corrected chi connectivity index (χ1v) is 10.7. The first-order chi connectivity index (χ1) is 13.0. The van der Waals surface area contributed by atoms with Crippen molar-refractivity contribution in [2.24, 2.45) is 0 Å². The molecule has 27 heavy (non-hydrogen) atoms. The maximum Gasteiger partial charge on any atom is 0.291 e. The van der Waals surface area contributed by atoms with Gasteiger partial charge in [0.05, 0.1) is 0 Å². The molecule has 1 saturated heterocycles. The molecule has 0 spiro atoms. The summed E-state index contributed by atoms with van der Waals surface area (Å²) in [5.74, 6) is 0.835. The summed E-state index contributed by atoms with van der Waals surface area (Å²) in [7, 11) is 0. The van der Waals surface area contributed by atoms with Gasteiger partial charge in [0.25, 0.3) is 5.56 Å². The molecule has 0 saturated carbocycles. The van der Waals surface area contributed by atoms with Crippen molar-refractivity contribution in [2.45, 2.75) is 71.5 Å². The van der Waals surface area contributed by atoms with Crippen molar-refractivity contribution in [1.29, 1.82) is 0 Å². The Balaban J connectivity index is 1.76. The number of carbonyl (C=O) groups excluding carboxylic acids is 1. The maximum atomic E-state index is 13.0. The monoisotopic (exact) mass is 386 g/mol. The Hall–Kier alpha value is -2.15. The number of thiophene rings is 1. The minimum absolute atomic E-state index is 0.00975. The van der Waals surface area contributed by atoms with Crippen LogP contribution in [-0.2, 0) is 17.8 Å². The Kier molecular flexibility index (Phi) is 4.80. The third-order valence-electron chi connectivity index (χ3n) is 5.60. The summed E-state index contributed by atoms with van der Waals surface area (Å²) in [6.45, 7) is 6.30. The number of carbonyl (C=O) groups is 1. The highest BCUT2D eigenvalue weighted by molar-refractivity contribution is 7.16. The van der Waals surface area contributed by atoms with Crippen LogP contribution < -0.4 is 5.56 Å². The van der Waals surface area contributed by atoms with Gasteiger partial charge in [-0.25, -0.2) is 4.68 Å². The van der Waals surface area contributed by atoms with Gasteiger partial charge in [0.2, 0.25) is 5.91 Å². The van der Waals surface area contributed by atoms with Gasteiger partial charge in [-0.15, -0.1) is 11.3 Å². The summed E-state index contributed by atoms with van der Waals surface area (Å²) < 4.78 is 3.35. The van der Waals surface area contributed by atoms with Gasteiger partial charge in [-0.2, -0.15) is 5.10 Å². The van der Waals surface area contributed by atoms with E-state index < -0.39 is 0 Å². The standard InChI is InChI=1S/C20H26N4O2S/c1-4-6-17-21-22(12-18(25)23-13(2)7-5-8-14(23)3)19(26)16-11-15-9-10-27-20(15)24(16)17/h9-11,13-14H,4-8,12H2,1-3H3. The summed E-state index contributed by atoms with van der Waals surface area (Å²) in [5.41, 5.74) is 0.423. The van der Waals surface area contributed by atoms with E-state index in [0.29, 0.717) is 5.52 Å². The first-order valence-electron chi connectivity index (χ1n) is 9.81. The highest BCUT2D eigenvalue weighted by Crippen LogP contribution is 2.25. The number of rotatable bonds is 4. The number of piperidine rings is 1. The smallest absolute Gasteiger partial charge is 0.291 e. The molecule has 3 aromatic rings. The van der Waals surface area contributed by atoms with Gasteiger partial charge in [-0.1, -0.05) is 6.92 Å². The minimum Gasteiger partial charge on any atom is -0.336 e. The molecule has 2 atom stereocenters. The van der Waals surface area contributed by atoms with E-state index in [1.165, 1.54) is 4.68 Å². The van der Waals surface area contributed by atoms with Crippen LogP contribution in [0.25, 0.3) is 15.7 Å². The number of aryl methyl sites for hydroxylation is 1. The van der Waals surface area contributed by atoms with Crippen molar-refractivity contribution < 1.29 is 4.79 Å². The maximum absolute atomic E-state index is 13.0. The van der Waals surface area contributed by atoms with Gasteiger partial charge in [0, 0.05) is 23.9 Å². The molecule has 0 radical (unpaired) electrons. The van der Waals surface area contributed by atoms with Crippen molar-refractivity contribution in [3.05, 3.63) is 33.7 Å². The van der Waals surface area contributed by atoms with Gasteiger partial charge < -0.3 is 4.90 Å². The molecule has 3 aromatic heterocycles. The van der Waals surface area contributed by atoms with E-state index in [-0.39, 0.29) is 30.1 Å². The van der Waals surface area contributed by atoms with E-state index in [9.17, 15) is 9.59 Å². The lowest BCUT2D eigenvalue weighted by molar-refractivity contribution is -0.138. The average Bonchev–Trinajstić information content (AvgIpc) is 3.20. The molecule has 4 heterocycles. The number of hydrogen-bond acceptors (Lipinski definition) is 4. The number of likely N-dealkylation sites (tertiary alicyclic amines) is 1. The Morgan fingerprint density at radius 2 is 2.04 bits per heavy atom. The summed E-state index contributed by atoms with van der Waals surface area (Å²) in [4.78, 5) is 29.0. The van der Waals surface area contributed by atoms with Gasteiger partial charge in [0.1, 0.15) is 22.7 Å². The van der Waals surface area contributed by atoms with Crippen LogP contribution in [-0.4, -0.2) is 37.1 Å². The fraction of sp³-hybridized carbons (Fsp3) is 0.550. The number of amides is 1. The molecule has 0 aromatic carbocycles.